The Kier molecular flexibility index (Phi) is 6.80. The van der Waals surface area contributed by atoms with Gasteiger partial charge in [-0.2, -0.15) is 0 Å². The van der Waals surface area contributed by atoms with Gasteiger partial charge in [-0.1, -0.05) is 159 Å². The van der Waals surface area contributed by atoms with Crippen molar-refractivity contribution in [3.05, 3.63) is 181 Å². The van der Waals surface area contributed by atoms with E-state index in [1.165, 1.54) is 69.7 Å². The van der Waals surface area contributed by atoms with E-state index < -0.39 is 0 Å². The molecule has 0 unspecified atom stereocenters. The molecule has 0 aliphatic heterocycles. The summed E-state index contributed by atoms with van der Waals surface area (Å²) in [5.41, 5.74) is 12.9. The van der Waals surface area contributed by atoms with Crippen molar-refractivity contribution in [1.82, 2.24) is 9.97 Å². The first-order valence-corrected chi connectivity index (χ1v) is 19.4. The summed E-state index contributed by atoms with van der Waals surface area (Å²) in [5, 5.41) is 7.44. The number of aromatic nitrogens is 2. The lowest BCUT2D eigenvalue weighted by Crippen LogP contribution is -2.16. The van der Waals surface area contributed by atoms with E-state index in [-0.39, 0.29) is 5.41 Å². The maximum Gasteiger partial charge on any atom is 0.161 e. The molecule has 0 spiro atoms. The minimum atomic E-state index is -0.167. The summed E-state index contributed by atoms with van der Waals surface area (Å²) < 4.78 is 2.55. The van der Waals surface area contributed by atoms with E-state index in [2.05, 4.69) is 184 Å². The zero-order chi connectivity index (χ0) is 36.0. The van der Waals surface area contributed by atoms with Crippen LogP contribution in [0, 0.1) is 0 Å². The number of benzene rings is 8. The first-order chi connectivity index (χ1) is 26.5. The highest BCUT2D eigenvalue weighted by Crippen LogP contribution is 2.55. The molecule has 8 aromatic carbocycles. The minimum Gasteiger partial charge on any atom is -0.228 e. The largest absolute Gasteiger partial charge is 0.228 e. The molecule has 0 amide bonds. The molecular formula is C51H34N2S. The van der Waals surface area contributed by atoms with Crippen molar-refractivity contribution in [2.45, 2.75) is 19.3 Å². The fraction of sp³-hybridized carbons (Fsp3) is 0.0588. The zero-order valence-electron chi connectivity index (χ0n) is 30.0. The average Bonchev–Trinajstić information content (AvgIpc) is 3.73. The molecule has 0 radical (unpaired) electrons. The normalized spacial score (nSPS) is 13.1. The maximum atomic E-state index is 5.42. The Morgan fingerprint density at radius 2 is 1.07 bits per heavy atom. The summed E-state index contributed by atoms with van der Waals surface area (Å²) in [5.74, 6) is 0.725. The molecule has 11 rings (SSSR count). The Morgan fingerprint density at radius 3 is 1.93 bits per heavy atom. The number of hydrogen-bond acceptors (Lipinski definition) is 3. The average molecular weight is 707 g/mol. The molecule has 1 aliphatic rings. The van der Waals surface area contributed by atoms with Gasteiger partial charge in [0.25, 0.3) is 0 Å². The van der Waals surface area contributed by atoms with Crippen LogP contribution < -0.4 is 0 Å². The molecule has 0 atom stereocenters. The highest BCUT2D eigenvalue weighted by Gasteiger charge is 2.38. The number of hydrogen-bond donors (Lipinski definition) is 0. The van der Waals surface area contributed by atoms with Crippen molar-refractivity contribution in [3.8, 4) is 56.2 Å². The van der Waals surface area contributed by atoms with Crippen molar-refractivity contribution in [2.75, 3.05) is 0 Å². The molecule has 54 heavy (non-hydrogen) atoms. The van der Waals surface area contributed by atoms with E-state index in [9.17, 15) is 0 Å². The first-order valence-electron chi connectivity index (χ1n) is 18.6. The van der Waals surface area contributed by atoms with Crippen LogP contribution >= 0.6 is 11.3 Å². The monoisotopic (exact) mass is 706 g/mol. The lowest BCUT2D eigenvalue weighted by Gasteiger charge is -2.25. The van der Waals surface area contributed by atoms with Gasteiger partial charge in [-0.05, 0) is 79.2 Å². The lowest BCUT2D eigenvalue weighted by molar-refractivity contribution is 0.662. The predicted molar refractivity (Wildman–Crippen MR) is 229 cm³/mol. The van der Waals surface area contributed by atoms with Crippen LogP contribution in [-0.4, -0.2) is 9.97 Å². The van der Waals surface area contributed by atoms with Crippen molar-refractivity contribution in [1.29, 1.82) is 0 Å². The van der Waals surface area contributed by atoms with E-state index in [1.807, 2.05) is 11.3 Å². The van der Waals surface area contributed by atoms with E-state index in [0.29, 0.717) is 0 Å². The summed E-state index contributed by atoms with van der Waals surface area (Å²) in [6, 6.07) is 61.5. The Labute approximate surface area is 318 Å². The lowest BCUT2D eigenvalue weighted by atomic mass is 9.78. The third-order valence-corrected chi connectivity index (χ3v) is 12.6. The third kappa shape index (κ3) is 4.58. The topological polar surface area (TPSA) is 25.8 Å². The second-order valence-corrected chi connectivity index (χ2v) is 16.0. The minimum absolute atomic E-state index is 0.167. The van der Waals surface area contributed by atoms with Crippen LogP contribution in [0.5, 0.6) is 0 Å². The smallest absolute Gasteiger partial charge is 0.161 e. The van der Waals surface area contributed by atoms with Crippen LogP contribution in [0.3, 0.4) is 0 Å². The van der Waals surface area contributed by atoms with Gasteiger partial charge in [-0.15, -0.1) is 11.3 Å². The Bertz CT molecular complexity index is 3130. The summed E-state index contributed by atoms with van der Waals surface area (Å²) in [4.78, 5) is 10.7. The van der Waals surface area contributed by atoms with Crippen LogP contribution in [0.15, 0.2) is 170 Å². The molecule has 254 valence electrons. The van der Waals surface area contributed by atoms with Crippen molar-refractivity contribution < 1.29 is 0 Å². The highest BCUT2D eigenvalue weighted by molar-refractivity contribution is 7.25. The van der Waals surface area contributed by atoms with Gasteiger partial charge in [0.1, 0.15) is 0 Å². The van der Waals surface area contributed by atoms with Crippen molar-refractivity contribution >= 4 is 53.1 Å². The Hall–Kier alpha value is -6.42. The maximum absolute atomic E-state index is 5.42. The summed E-state index contributed by atoms with van der Waals surface area (Å²) in [6.45, 7) is 4.77. The number of fused-ring (bicyclic) bond motifs is 9. The molecule has 0 bridgehead atoms. The van der Waals surface area contributed by atoms with Crippen LogP contribution in [0.4, 0.5) is 0 Å². The third-order valence-electron chi connectivity index (χ3n) is 11.5. The van der Waals surface area contributed by atoms with Gasteiger partial charge in [0.05, 0.1) is 11.4 Å². The fourth-order valence-electron chi connectivity index (χ4n) is 9.06. The van der Waals surface area contributed by atoms with Gasteiger partial charge >= 0.3 is 0 Å². The van der Waals surface area contributed by atoms with Crippen LogP contribution in [-0.2, 0) is 5.41 Å². The first kappa shape index (κ1) is 31.1. The van der Waals surface area contributed by atoms with Crippen LogP contribution in [0.2, 0.25) is 0 Å². The van der Waals surface area contributed by atoms with Crippen LogP contribution in [0.1, 0.15) is 25.0 Å². The van der Waals surface area contributed by atoms with Crippen LogP contribution in [0.25, 0.3) is 97.9 Å². The van der Waals surface area contributed by atoms with Gasteiger partial charge in [0.2, 0.25) is 0 Å². The van der Waals surface area contributed by atoms with E-state index >= 15 is 0 Å². The van der Waals surface area contributed by atoms with Gasteiger partial charge in [0, 0.05) is 42.3 Å². The summed E-state index contributed by atoms with van der Waals surface area (Å²) in [7, 11) is 0. The summed E-state index contributed by atoms with van der Waals surface area (Å²) in [6.07, 6.45) is 0. The predicted octanol–water partition coefficient (Wildman–Crippen LogP) is 14.1. The van der Waals surface area contributed by atoms with Crippen molar-refractivity contribution in [2.24, 2.45) is 0 Å². The Morgan fingerprint density at radius 1 is 0.444 bits per heavy atom. The Balaban J connectivity index is 1.14. The van der Waals surface area contributed by atoms with Crippen molar-refractivity contribution in [3.63, 3.8) is 0 Å². The second kappa shape index (κ2) is 11.8. The van der Waals surface area contributed by atoms with Gasteiger partial charge in [0.15, 0.2) is 5.82 Å². The molecule has 10 aromatic rings. The molecule has 2 nitrogen and oxygen atoms in total. The summed E-state index contributed by atoms with van der Waals surface area (Å²) >= 11 is 1.83. The highest BCUT2D eigenvalue weighted by atomic mass is 32.1. The standard InChI is InChI=1S/C51H34N2S/c1-51(2)42-29-26-31-14-6-7-17-33(31)47(42)41-23-12-21-37(49(41)51)36-27-28-38(35-19-9-8-18-34(35)36)50-52-43(32-15-4-3-5-16-32)30-44(53-50)39-22-13-25-46-48(39)40-20-10-11-24-45(40)54-46/h3-30H,1-2H3. The molecule has 2 aromatic heterocycles. The molecule has 0 N–H and O–H groups in total. The molecule has 2 heterocycles. The van der Waals surface area contributed by atoms with Gasteiger partial charge in [-0.25, -0.2) is 9.97 Å². The number of rotatable bonds is 4. The molecular weight excluding hydrogens is 673 g/mol. The van der Waals surface area contributed by atoms with Gasteiger partial charge in [-0.3, -0.25) is 0 Å². The molecule has 0 saturated heterocycles. The SMILES string of the molecule is CC1(C)c2ccc3ccccc3c2-c2cccc(-c3ccc(-c4nc(-c5ccccc5)cc(-c5cccc6sc7ccccc7c56)n4)c4ccccc34)c21. The molecule has 0 fully saturated rings. The molecule has 3 heteroatoms. The van der Waals surface area contributed by atoms with E-state index in [1.54, 1.807) is 0 Å². The van der Waals surface area contributed by atoms with E-state index in [0.717, 1.165) is 39.3 Å². The molecule has 1 aliphatic carbocycles. The quantitative estimate of drug-likeness (QED) is 0.182. The number of nitrogens with zero attached hydrogens (tertiary/aromatic N) is 2. The van der Waals surface area contributed by atoms with E-state index in [4.69, 9.17) is 9.97 Å². The zero-order valence-corrected chi connectivity index (χ0v) is 30.8. The van der Waals surface area contributed by atoms with Gasteiger partial charge < -0.3 is 0 Å². The molecule has 0 saturated carbocycles. The fourth-order valence-corrected chi connectivity index (χ4v) is 10.2. The number of thiophene rings is 1. The second-order valence-electron chi connectivity index (χ2n) is 14.9.